The molecule has 1 saturated heterocycles. The minimum atomic E-state index is 0.690. The van der Waals surface area contributed by atoms with Crippen LogP contribution in [0.3, 0.4) is 0 Å². The van der Waals surface area contributed by atoms with Crippen LogP contribution in [0.5, 0.6) is 0 Å². The molecule has 2 unspecified atom stereocenters. The third-order valence-electron chi connectivity index (χ3n) is 4.66. The lowest BCUT2D eigenvalue weighted by Crippen LogP contribution is -2.30. The van der Waals surface area contributed by atoms with Crippen LogP contribution in [0.25, 0.3) is 0 Å². The van der Waals surface area contributed by atoms with Crippen molar-refractivity contribution in [1.29, 1.82) is 0 Å². The van der Waals surface area contributed by atoms with E-state index in [9.17, 15) is 0 Å². The van der Waals surface area contributed by atoms with Crippen molar-refractivity contribution in [1.82, 2.24) is 10.2 Å². The Hall–Kier alpha value is -0.0800. The summed E-state index contributed by atoms with van der Waals surface area (Å²) in [5.41, 5.74) is 0. The minimum absolute atomic E-state index is 0.690. The number of nitrogens with zero attached hydrogens (tertiary/aromatic N) is 1. The van der Waals surface area contributed by atoms with Gasteiger partial charge in [-0.2, -0.15) is 0 Å². The molecule has 114 valence electrons. The van der Waals surface area contributed by atoms with Gasteiger partial charge in [-0.05, 0) is 83.5 Å². The van der Waals surface area contributed by atoms with Crippen LogP contribution in [0, 0.1) is 11.8 Å². The lowest BCUT2D eigenvalue weighted by Gasteiger charge is -2.22. The van der Waals surface area contributed by atoms with Crippen LogP contribution in [0.1, 0.15) is 66.2 Å². The third kappa shape index (κ3) is 7.31. The smallest absolute Gasteiger partial charge is 0.00391 e. The summed E-state index contributed by atoms with van der Waals surface area (Å²) in [4.78, 5) is 2.70. The molecule has 0 radical (unpaired) electrons. The lowest BCUT2D eigenvalue weighted by molar-refractivity contribution is 0.263. The molecular formula is C17H36N2. The van der Waals surface area contributed by atoms with Crippen LogP contribution in [-0.4, -0.2) is 37.1 Å². The molecular weight excluding hydrogens is 232 g/mol. The Morgan fingerprint density at radius 1 is 1.16 bits per heavy atom. The molecule has 2 atom stereocenters. The number of hydrogen-bond donors (Lipinski definition) is 1. The fourth-order valence-electron chi connectivity index (χ4n) is 3.19. The van der Waals surface area contributed by atoms with Crippen molar-refractivity contribution in [3.63, 3.8) is 0 Å². The van der Waals surface area contributed by atoms with Gasteiger partial charge in [0.15, 0.2) is 0 Å². The van der Waals surface area contributed by atoms with Gasteiger partial charge in [-0.3, -0.25) is 0 Å². The van der Waals surface area contributed by atoms with E-state index in [4.69, 9.17) is 0 Å². The average molecular weight is 268 g/mol. The second-order valence-electron chi connectivity index (χ2n) is 6.77. The molecule has 2 heteroatoms. The zero-order valence-electron chi connectivity index (χ0n) is 13.8. The highest BCUT2D eigenvalue weighted by molar-refractivity contribution is 4.72. The average Bonchev–Trinajstić information content (AvgIpc) is 2.62. The van der Waals surface area contributed by atoms with Crippen molar-refractivity contribution in [2.24, 2.45) is 11.8 Å². The van der Waals surface area contributed by atoms with Crippen LogP contribution < -0.4 is 5.32 Å². The predicted molar refractivity (Wildman–Crippen MR) is 85.6 cm³/mol. The molecule has 0 bridgehead atoms. The first-order chi connectivity index (χ1) is 9.13. The van der Waals surface area contributed by atoms with Crippen LogP contribution in [0.4, 0.5) is 0 Å². The van der Waals surface area contributed by atoms with Gasteiger partial charge in [0.2, 0.25) is 0 Å². The highest BCUT2D eigenvalue weighted by atomic mass is 15.1. The van der Waals surface area contributed by atoms with Gasteiger partial charge in [0.1, 0.15) is 0 Å². The second kappa shape index (κ2) is 9.77. The molecule has 0 aromatic carbocycles. The van der Waals surface area contributed by atoms with Gasteiger partial charge in [-0.1, -0.05) is 20.8 Å². The number of nitrogens with one attached hydrogen (secondary N) is 1. The van der Waals surface area contributed by atoms with Gasteiger partial charge in [-0.25, -0.2) is 0 Å². The summed E-state index contributed by atoms with van der Waals surface area (Å²) >= 11 is 0. The maximum atomic E-state index is 3.59. The van der Waals surface area contributed by atoms with E-state index in [2.05, 4.69) is 37.9 Å². The summed E-state index contributed by atoms with van der Waals surface area (Å²) in [6, 6.07) is 0.690. The fraction of sp³-hybridized carbons (Fsp3) is 1.00. The topological polar surface area (TPSA) is 15.3 Å². The third-order valence-corrected chi connectivity index (χ3v) is 4.66. The molecule has 1 rings (SSSR count). The maximum absolute atomic E-state index is 3.59. The van der Waals surface area contributed by atoms with Crippen molar-refractivity contribution in [2.45, 2.75) is 72.3 Å². The second-order valence-corrected chi connectivity index (χ2v) is 6.77. The van der Waals surface area contributed by atoms with Crippen molar-refractivity contribution >= 4 is 0 Å². The quantitative estimate of drug-likeness (QED) is 0.718. The first kappa shape index (κ1) is 17.0. The summed E-state index contributed by atoms with van der Waals surface area (Å²) < 4.78 is 0. The monoisotopic (exact) mass is 268 g/mol. The highest BCUT2D eigenvalue weighted by Crippen LogP contribution is 2.24. The van der Waals surface area contributed by atoms with E-state index < -0.39 is 0 Å². The zero-order valence-corrected chi connectivity index (χ0v) is 13.8. The van der Waals surface area contributed by atoms with Crippen molar-refractivity contribution in [2.75, 3.05) is 26.2 Å². The van der Waals surface area contributed by atoms with Gasteiger partial charge >= 0.3 is 0 Å². The molecule has 19 heavy (non-hydrogen) atoms. The van der Waals surface area contributed by atoms with E-state index in [1.807, 2.05) is 0 Å². The number of rotatable bonds is 8. The predicted octanol–water partition coefficient (Wildman–Crippen LogP) is 3.91. The molecule has 1 heterocycles. The minimum Gasteiger partial charge on any atom is -0.314 e. The van der Waals surface area contributed by atoms with Crippen molar-refractivity contribution < 1.29 is 0 Å². The molecule has 2 nitrogen and oxygen atoms in total. The molecule has 0 aromatic heterocycles. The van der Waals surface area contributed by atoms with Gasteiger partial charge in [-0.15, -0.1) is 0 Å². The summed E-state index contributed by atoms with van der Waals surface area (Å²) in [5.74, 6) is 1.84. The standard InChI is InChI=1S/C17H36N2/c1-5-11-18-16(4)8-6-12-19-13-7-9-17(10-14-19)15(2)3/h15-18H,5-14H2,1-4H3. The van der Waals surface area contributed by atoms with Gasteiger partial charge in [0, 0.05) is 6.04 Å². The van der Waals surface area contributed by atoms with E-state index in [0.29, 0.717) is 6.04 Å². The SMILES string of the molecule is CCCNC(C)CCCN1CCCC(C(C)C)CC1. The van der Waals surface area contributed by atoms with E-state index in [0.717, 1.165) is 11.8 Å². The summed E-state index contributed by atoms with van der Waals surface area (Å²) in [6.45, 7) is 14.5. The van der Waals surface area contributed by atoms with Crippen LogP contribution in [0.15, 0.2) is 0 Å². The molecule has 0 aromatic rings. The summed E-state index contributed by atoms with van der Waals surface area (Å²) in [5, 5.41) is 3.59. The van der Waals surface area contributed by atoms with E-state index >= 15 is 0 Å². The molecule has 1 aliphatic heterocycles. The van der Waals surface area contributed by atoms with E-state index in [1.54, 1.807) is 0 Å². The van der Waals surface area contributed by atoms with Gasteiger partial charge in [0.05, 0.1) is 0 Å². The van der Waals surface area contributed by atoms with E-state index in [-0.39, 0.29) is 0 Å². The molecule has 0 saturated carbocycles. The number of likely N-dealkylation sites (tertiary alicyclic amines) is 1. The van der Waals surface area contributed by atoms with Crippen LogP contribution in [0.2, 0.25) is 0 Å². The Morgan fingerprint density at radius 3 is 2.63 bits per heavy atom. The first-order valence-electron chi connectivity index (χ1n) is 8.59. The molecule has 1 aliphatic rings. The Kier molecular flexibility index (Phi) is 8.72. The molecule has 0 amide bonds. The Labute approximate surface area is 121 Å². The molecule has 1 fully saturated rings. The molecule has 0 aliphatic carbocycles. The Morgan fingerprint density at radius 2 is 1.95 bits per heavy atom. The van der Waals surface area contributed by atoms with Gasteiger partial charge in [0.25, 0.3) is 0 Å². The van der Waals surface area contributed by atoms with Crippen LogP contribution in [-0.2, 0) is 0 Å². The van der Waals surface area contributed by atoms with Crippen molar-refractivity contribution in [3.05, 3.63) is 0 Å². The van der Waals surface area contributed by atoms with Crippen LogP contribution >= 0.6 is 0 Å². The van der Waals surface area contributed by atoms with E-state index in [1.165, 1.54) is 64.7 Å². The van der Waals surface area contributed by atoms with Crippen molar-refractivity contribution in [3.8, 4) is 0 Å². The fourth-order valence-corrected chi connectivity index (χ4v) is 3.19. The Balaban J connectivity index is 2.12. The van der Waals surface area contributed by atoms with Gasteiger partial charge < -0.3 is 10.2 Å². The normalized spacial score (nSPS) is 23.5. The molecule has 0 spiro atoms. The summed E-state index contributed by atoms with van der Waals surface area (Å²) in [7, 11) is 0. The maximum Gasteiger partial charge on any atom is 0.00391 e. The largest absolute Gasteiger partial charge is 0.314 e. The zero-order chi connectivity index (χ0) is 14.1. The highest BCUT2D eigenvalue weighted by Gasteiger charge is 2.19. The molecule has 1 N–H and O–H groups in total. The first-order valence-corrected chi connectivity index (χ1v) is 8.59. The summed E-state index contributed by atoms with van der Waals surface area (Å²) in [6.07, 6.45) is 8.19. The number of hydrogen-bond acceptors (Lipinski definition) is 2. The lowest BCUT2D eigenvalue weighted by atomic mass is 9.89. The Bertz CT molecular complexity index is 215.